The van der Waals surface area contributed by atoms with Gasteiger partial charge in [-0.2, -0.15) is 0 Å². The molecule has 0 unspecified atom stereocenters. The lowest BCUT2D eigenvalue weighted by atomic mass is 9.78. The van der Waals surface area contributed by atoms with Gasteiger partial charge in [0, 0.05) is 62.9 Å². The van der Waals surface area contributed by atoms with Gasteiger partial charge in [0.05, 0.1) is 12.5 Å². The lowest BCUT2D eigenvalue weighted by Crippen LogP contribution is -2.56. The van der Waals surface area contributed by atoms with Gasteiger partial charge in [0.2, 0.25) is 5.91 Å². The van der Waals surface area contributed by atoms with E-state index in [1.165, 1.54) is 0 Å². The highest BCUT2D eigenvalue weighted by molar-refractivity contribution is 6.10. The number of benzene rings is 1. The molecule has 0 saturated carbocycles. The van der Waals surface area contributed by atoms with E-state index in [0.29, 0.717) is 19.1 Å². The van der Waals surface area contributed by atoms with E-state index in [1.54, 1.807) is 0 Å². The zero-order chi connectivity index (χ0) is 23.3. The average Bonchev–Trinajstić information content (AvgIpc) is 3.58. The lowest BCUT2D eigenvalue weighted by molar-refractivity contribution is -0.138. The summed E-state index contributed by atoms with van der Waals surface area (Å²) < 4.78 is 2.06. The molecule has 180 valence electrons. The first-order valence-corrected chi connectivity index (χ1v) is 12.7. The smallest absolute Gasteiger partial charge is 0.253 e. The van der Waals surface area contributed by atoms with Gasteiger partial charge in [-0.1, -0.05) is 18.2 Å². The Morgan fingerprint density at radius 2 is 1.94 bits per heavy atom. The maximum atomic E-state index is 14.3. The van der Waals surface area contributed by atoms with Crippen molar-refractivity contribution in [3.05, 3.63) is 48.0 Å². The molecule has 1 aromatic heterocycles. The summed E-state index contributed by atoms with van der Waals surface area (Å²) in [6.07, 6.45) is 8.51. The van der Waals surface area contributed by atoms with Crippen molar-refractivity contribution in [2.45, 2.75) is 50.2 Å². The number of aromatic nitrogens is 2. The van der Waals surface area contributed by atoms with Gasteiger partial charge in [-0.25, -0.2) is 4.98 Å². The quantitative estimate of drug-likeness (QED) is 0.738. The summed E-state index contributed by atoms with van der Waals surface area (Å²) in [6.45, 7) is 4.73. The van der Waals surface area contributed by atoms with Gasteiger partial charge in [-0.15, -0.1) is 0 Å². The number of carbonyl (C=O) groups excluding carboxylic acids is 2. The van der Waals surface area contributed by atoms with Crippen molar-refractivity contribution in [2.24, 2.45) is 13.0 Å². The van der Waals surface area contributed by atoms with E-state index in [2.05, 4.69) is 36.8 Å². The van der Waals surface area contributed by atoms with Crippen LogP contribution in [0.25, 0.3) is 0 Å². The number of carbonyl (C=O) groups is 2. The van der Waals surface area contributed by atoms with Gasteiger partial charge in [-0.05, 0) is 44.7 Å². The Labute approximate surface area is 200 Å². The molecule has 2 amide bonds. The van der Waals surface area contributed by atoms with Crippen molar-refractivity contribution < 1.29 is 9.59 Å². The molecule has 3 fully saturated rings. The molecular weight excluding hydrogens is 428 g/mol. The van der Waals surface area contributed by atoms with E-state index in [4.69, 9.17) is 0 Å². The number of nitrogens with one attached hydrogen (secondary N) is 1. The number of anilines is 1. The highest BCUT2D eigenvalue weighted by atomic mass is 16.2. The molecule has 1 spiro atoms. The molecule has 4 aliphatic heterocycles. The first-order chi connectivity index (χ1) is 16.6. The molecule has 3 saturated heterocycles. The van der Waals surface area contributed by atoms with Crippen LogP contribution in [0.5, 0.6) is 0 Å². The molecule has 6 rings (SSSR count). The number of hydrogen-bond acceptors (Lipinski definition) is 5. The molecular formula is C26H34N6O2. The lowest BCUT2D eigenvalue weighted by Gasteiger charge is -2.37. The van der Waals surface area contributed by atoms with Crippen molar-refractivity contribution >= 4 is 17.5 Å². The molecule has 2 aromatic rings. The molecule has 1 N–H and O–H groups in total. The average molecular weight is 463 g/mol. The van der Waals surface area contributed by atoms with Crippen LogP contribution in [0.1, 0.15) is 43.5 Å². The SMILES string of the molecule is Cn1ccnc1CN1CCCNC(=O)[C@H]2C[C@@H]3CCCN3[C@@]23C(=O)N(CCC1)c1ccccc13. The summed E-state index contributed by atoms with van der Waals surface area (Å²) in [7, 11) is 2.02. The summed E-state index contributed by atoms with van der Waals surface area (Å²) in [6, 6.07) is 8.51. The Hall–Kier alpha value is -2.71. The predicted octanol–water partition coefficient (Wildman–Crippen LogP) is 1.86. The van der Waals surface area contributed by atoms with Crippen LogP contribution in [-0.4, -0.2) is 69.9 Å². The third-order valence-electron chi connectivity index (χ3n) is 8.43. The second kappa shape index (κ2) is 8.50. The van der Waals surface area contributed by atoms with Crippen molar-refractivity contribution in [3.8, 4) is 0 Å². The Kier molecular flexibility index (Phi) is 5.45. The second-order valence-corrected chi connectivity index (χ2v) is 10.2. The van der Waals surface area contributed by atoms with Crippen LogP contribution in [0.15, 0.2) is 36.7 Å². The van der Waals surface area contributed by atoms with Crippen molar-refractivity contribution in [1.82, 2.24) is 24.7 Å². The molecule has 0 aliphatic carbocycles. The number of imidazole rings is 1. The highest BCUT2D eigenvalue weighted by Gasteiger charge is 2.66. The molecule has 8 nitrogen and oxygen atoms in total. The van der Waals surface area contributed by atoms with Crippen LogP contribution >= 0.6 is 0 Å². The minimum absolute atomic E-state index is 0.0364. The number of rotatable bonds is 2. The first kappa shape index (κ1) is 21.8. The molecule has 4 aliphatic rings. The van der Waals surface area contributed by atoms with Crippen LogP contribution < -0.4 is 10.2 Å². The summed E-state index contributed by atoms with van der Waals surface area (Å²) >= 11 is 0. The largest absolute Gasteiger partial charge is 0.356 e. The topological polar surface area (TPSA) is 73.7 Å². The third kappa shape index (κ3) is 3.22. The molecule has 1 aromatic carbocycles. The van der Waals surface area contributed by atoms with E-state index in [0.717, 1.165) is 75.4 Å². The van der Waals surface area contributed by atoms with Crippen LogP contribution in [0.2, 0.25) is 0 Å². The Morgan fingerprint density at radius 3 is 2.79 bits per heavy atom. The predicted molar refractivity (Wildman–Crippen MR) is 129 cm³/mol. The highest BCUT2D eigenvalue weighted by Crippen LogP contribution is 2.57. The van der Waals surface area contributed by atoms with E-state index < -0.39 is 5.54 Å². The molecule has 2 bridgehead atoms. The Balaban J connectivity index is 1.34. The number of hydrogen-bond donors (Lipinski definition) is 1. The fourth-order valence-electron chi connectivity index (χ4n) is 6.89. The molecule has 34 heavy (non-hydrogen) atoms. The van der Waals surface area contributed by atoms with Gasteiger partial charge in [-0.3, -0.25) is 19.4 Å². The van der Waals surface area contributed by atoms with Crippen LogP contribution in [0, 0.1) is 5.92 Å². The summed E-state index contributed by atoms with van der Waals surface area (Å²) in [5.74, 6) is 0.841. The van der Waals surface area contributed by atoms with E-state index in [1.807, 2.05) is 36.5 Å². The zero-order valence-electron chi connectivity index (χ0n) is 19.9. The van der Waals surface area contributed by atoms with E-state index in [9.17, 15) is 9.59 Å². The molecule has 8 heteroatoms. The van der Waals surface area contributed by atoms with Gasteiger partial charge in [0.1, 0.15) is 11.4 Å². The van der Waals surface area contributed by atoms with Crippen LogP contribution in [-0.2, 0) is 28.7 Å². The van der Waals surface area contributed by atoms with Gasteiger partial charge in [0.15, 0.2) is 0 Å². The fourth-order valence-corrected chi connectivity index (χ4v) is 6.89. The maximum Gasteiger partial charge on any atom is 0.253 e. The Bertz CT molecular complexity index is 1100. The minimum atomic E-state index is -0.845. The van der Waals surface area contributed by atoms with Gasteiger partial charge < -0.3 is 14.8 Å². The van der Waals surface area contributed by atoms with Gasteiger partial charge in [0.25, 0.3) is 5.91 Å². The van der Waals surface area contributed by atoms with E-state index >= 15 is 0 Å². The molecule has 3 atom stereocenters. The van der Waals surface area contributed by atoms with E-state index in [-0.39, 0.29) is 17.7 Å². The first-order valence-electron chi connectivity index (χ1n) is 12.7. The normalized spacial score (nSPS) is 30.2. The van der Waals surface area contributed by atoms with Crippen molar-refractivity contribution in [2.75, 3.05) is 37.6 Å². The van der Waals surface area contributed by atoms with Crippen molar-refractivity contribution in [3.63, 3.8) is 0 Å². The number of amides is 2. The van der Waals surface area contributed by atoms with Crippen LogP contribution in [0.4, 0.5) is 5.69 Å². The number of fused-ring (bicyclic) bond motifs is 4. The number of nitrogens with zero attached hydrogens (tertiary/aromatic N) is 5. The minimum Gasteiger partial charge on any atom is -0.356 e. The number of para-hydroxylation sites is 1. The zero-order valence-corrected chi connectivity index (χ0v) is 19.9. The standard InChI is InChI=1S/C26H34N6O2/c1-29-16-11-27-23(29)18-30-12-5-10-28-24(33)21-17-19-7-4-15-32(19)26(21)20-8-2-3-9-22(20)31(25(26)34)14-6-13-30/h2-3,8-9,11,16,19,21H,4-7,10,12-15,17-18H2,1H3,(H,28,33)/t19-,21+,26+/m0/s1. The maximum absolute atomic E-state index is 14.3. The van der Waals surface area contributed by atoms with Crippen molar-refractivity contribution in [1.29, 1.82) is 0 Å². The fraction of sp³-hybridized carbons (Fsp3) is 0.577. The monoisotopic (exact) mass is 462 g/mol. The summed E-state index contributed by atoms with van der Waals surface area (Å²) in [5.41, 5.74) is 1.18. The summed E-state index contributed by atoms with van der Waals surface area (Å²) in [4.78, 5) is 39.2. The molecule has 5 heterocycles. The van der Waals surface area contributed by atoms with Gasteiger partial charge >= 0.3 is 0 Å². The molecule has 0 radical (unpaired) electrons. The third-order valence-corrected chi connectivity index (χ3v) is 8.43. The number of aryl methyl sites for hydroxylation is 1. The second-order valence-electron chi connectivity index (χ2n) is 10.2. The summed E-state index contributed by atoms with van der Waals surface area (Å²) in [5, 5.41) is 3.22. The van der Waals surface area contributed by atoms with Crippen LogP contribution in [0.3, 0.4) is 0 Å². The Morgan fingerprint density at radius 1 is 1.09 bits per heavy atom.